The minimum absolute atomic E-state index is 0.114. The lowest BCUT2D eigenvalue weighted by molar-refractivity contribution is -0.145. The van der Waals surface area contributed by atoms with E-state index in [1.54, 1.807) is 0 Å². The number of rotatable bonds is 15. The molecule has 31 heavy (non-hydrogen) atoms. The average Bonchev–Trinajstić information content (AvgIpc) is 2.68. The highest BCUT2D eigenvalue weighted by Gasteiger charge is 2.32. The summed E-state index contributed by atoms with van der Waals surface area (Å²) in [5, 5.41) is 34.2. The second-order valence-corrected chi connectivity index (χ2v) is 6.93. The fraction of sp³-hybridized carbons (Fsp3) is 0.706. The summed E-state index contributed by atoms with van der Waals surface area (Å²) >= 11 is 0. The largest absolute Gasteiger partial charge is 0.480 e. The number of carbonyl (C=O) groups is 5. The molecule has 14 nitrogen and oxygen atoms in total. The van der Waals surface area contributed by atoms with Crippen LogP contribution in [0.2, 0.25) is 0 Å². The van der Waals surface area contributed by atoms with Crippen LogP contribution in [0, 0.1) is 0 Å². The number of amides is 4. The highest BCUT2D eigenvalue weighted by Crippen LogP contribution is 2.04. The van der Waals surface area contributed by atoms with Gasteiger partial charge in [-0.2, -0.15) is 0 Å². The Kier molecular flexibility index (Phi) is 12.9. The summed E-state index contributed by atoms with van der Waals surface area (Å²) in [6.45, 7) is 0.806. The summed E-state index contributed by atoms with van der Waals surface area (Å²) in [6.07, 6.45) is -1.05. The number of nitrogens with two attached hydrogens (primary N) is 3. The molecule has 0 rings (SSSR count). The maximum atomic E-state index is 12.7. The lowest BCUT2D eigenvalue weighted by Gasteiger charge is -2.25. The normalized spacial score (nSPS) is 15.6. The van der Waals surface area contributed by atoms with Crippen molar-refractivity contribution in [2.45, 2.75) is 62.9 Å². The summed E-state index contributed by atoms with van der Waals surface area (Å²) in [6, 6.07) is -5.71. The Morgan fingerprint density at radius 2 is 1.48 bits per heavy atom. The molecule has 0 bridgehead atoms. The molecule has 0 aromatic carbocycles. The zero-order valence-corrected chi connectivity index (χ0v) is 17.2. The topological polar surface area (TPSA) is 260 Å². The van der Waals surface area contributed by atoms with E-state index in [1.807, 2.05) is 5.32 Å². The molecule has 0 aromatic rings. The smallest absolute Gasteiger partial charge is 0.328 e. The van der Waals surface area contributed by atoms with Crippen LogP contribution >= 0.6 is 0 Å². The first-order chi connectivity index (χ1) is 14.4. The van der Waals surface area contributed by atoms with Crippen LogP contribution in [0.3, 0.4) is 0 Å². The van der Waals surface area contributed by atoms with Gasteiger partial charge in [-0.05, 0) is 32.7 Å². The SMILES string of the molecule is CC(O)C(NC(=O)C(CC(N)=O)NC(=O)C(CCCCN)NC(=O)C(N)CO)C(=O)O. The van der Waals surface area contributed by atoms with E-state index >= 15 is 0 Å². The quantitative estimate of drug-likeness (QED) is 0.108. The van der Waals surface area contributed by atoms with Crippen molar-refractivity contribution in [3.63, 3.8) is 0 Å². The Balaban J connectivity index is 5.46. The van der Waals surface area contributed by atoms with Crippen LogP contribution < -0.4 is 33.2 Å². The first kappa shape index (κ1) is 28.2. The first-order valence-corrected chi connectivity index (χ1v) is 9.61. The van der Waals surface area contributed by atoms with Gasteiger partial charge >= 0.3 is 5.97 Å². The molecule has 0 aliphatic rings. The molecular weight excluding hydrogens is 416 g/mol. The predicted molar refractivity (Wildman–Crippen MR) is 107 cm³/mol. The third-order valence-corrected chi connectivity index (χ3v) is 4.20. The fourth-order valence-electron chi connectivity index (χ4n) is 2.45. The number of carbonyl (C=O) groups excluding carboxylic acids is 4. The fourth-order valence-corrected chi connectivity index (χ4v) is 2.45. The Labute approximate surface area is 178 Å². The minimum Gasteiger partial charge on any atom is -0.480 e. The van der Waals surface area contributed by atoms with Crippen molar-refractivity contribution in [2.24, 2.45) is 17.2 Å². The third kappa shape index (κ3) is 10.7. The lowest BCUT2D eigenvalue weighted by Crippen LogP contribution is -2.59. The van der Waals surface area contributed by atoms with Gasteiger partial charge in [0.15, 0.2) is 6.04 Å². The molecule has 4 amide bonds. The van der Waals surface area contributed by atoms with Crippen molar-refractivity contribution in [1.29, 1.82) is 0 Å². The van der Waals surface area contributed by atoms with Crippen molar-refractivity contribution in [1.82, 2.24) is 16.0 Å². The Hall–Kier alpha value is -2.81. The van der Waals surface area contributed by atoms with Crippen molar-refractivity contribution >= 4 is 29.6 Å². The number of aliphatic hydroxyl groups is 2. The number of hydrogen-bond acceptors (Lipinski definition) is 9. The number of aliphatic hydroxyl groups excluding tert-OH is 2. The van der Waals surface area contributed by atoms with Gasteiger partial charge in [0.05, 0.1) is 19.1 Å². The highest BCUT2D eigenvalue weighted by atomic mass is 16.4. The van der Waals surface area contributed by atoms with Gasteiger partial charge in [0.1, 0.15) is 18.1 Å². The number of hydrogen-bond donors (Lipinski definition) is 9. The molecule has 0 radical (unpaired) electrons. The molecule has 0 saturated heterocycles. The van der Waals surface area contributed by atoms with E-state index in [1.165, 1.54) is 0 Å². The molecule has 0 fully saturated rings. The summed E-state index contributed by atoms with van der Waals surface area (Å²) in [7, 11) is 0. The van der Waals surface area contributed by atoms with Gasteiger partial charge in [0.2, 0.25) is 23.6 Å². The van der Waals surface area contributed by atoms with E-state index < -0.39 is 72.9 Å². The van der Waals surface area contributed by atoms with Crippen LogP contribution in [0.5, 0.6) is 0 Å². The number of aliphatic carboxylic acids is 1. The van der Waals surface area contributed by atoms with Crippen LogP contribution in [0.4, 0.5) is 0 Å². The monoisotopic (exact) mass is 448 g/mol. The summed E-state index contributed by atoms with van der Waals surface area (Å²) in [5.41, 5.74) is 16.0. The van der Waals surface area contributed by atoms with Crippen molar-refractivity contribution in [3.05, 3.63) is 0 Å². The van der Waals surface area contributed by atoms with Crippen LogP contribution in [0.1, 0.15) is 32.6 Å². The van der Waals surface area contributed by atoms with E-state index in [0.717, 1.165) is 6.92 Å². The van der Waals surface area contributed by atoms with Gasteiger partial charge < -0.3 is 48.5 Å². The van der Waals surface area contributed by atoms with Crippen LogP contribution in [-0.4, -0.2) is 88.3 Å². The van der Waals surface area contributed by atoms with Crippen molar-refractivity contribution in [3.8, 4) is 0 Å². The maximum absolute atomic E-state index is 12.7. The zero-order valence-electron chi connectivity index (χ0n) is 17.2. The number of nitrogens with one attached hydrogen (secondary N) is 3. The van der Waals surface area contributed by atoms with Gasteiger partial charge in [-0.3, -0.25) is 19.2 Å². The van der Waals surface area contributed by atoms with Crippen LogP contribution in [-0.2, 0) is 24.0 Å². The van der Waals surface area contributed by atoms with Gasteiger partial charge in [-0.25, -0.2) is 4.79 Å². The lowest BCUT2D eigenvalue weighted by atomic mass is 10.1. The molecule has 0 spiro atoms. The Morgan fingerprint density at radius 3 is 1.94 bits per heavy atom. The second-order valence-electron chi connectivity index (χ2n) is 6.93. The summed E-state index contributed by atoms with van der Waals surface area (Å²) in [4.78, 5) is 59.6. The molecular formula is C17H32N6O8. The molecule has 0 heterocycles. The van der Waals surface area contributed by atoms with Crippen molar-refractivity contribution < 1.29 is 39.3 Å². The minimum atomic E-state index is -1.69. The van der Waals surface area contributed by atoms with Gasteiger partial charge in [-0.1, -0.05) is 0 Å². The van der Waals surface area contributed by atoms with Gasteiger partial charge in [0, 0.05) is 0 Å². The number of unbranched alkanes of at least 4 members (excludes halogenated alkanes) is 1. The molecule has 12 N–H and O–H groups in total. The molecule has 5 atom stereocenters. The highest BCUT2D eigenvalue weighted by molar-refractivity contribution is 5.96. The maximum Gasteiger partial charge on any atom is 0.328 e. The first-order valence-electron chi connectivity index (χ1n) is 9.61. The number of primary amides is 1. The van der Waals surface area contributed by atoms with E-state index in [4.69, 9.17) is 27.4 Å². The van der Waals surface area contributed by atoms with Gasteiger partial charge in [0.25, 0.3) is 0 Å². The third-order valence-electron chi connectivity index (χ3n) is 4.20. The Morgan fingerprint density at radius 1 is 0.935 bits per heavy atom. The Bertz CT molecular complexity index is 644. The zero-order chi connectivity index (χ0) is 24.1. The average molecular weight is 448 g/mol. The number of carboxylic acid groups (broad SMARTS) is 1. The van der Waals surface area contributed by atoms with Crippen LogP contribution in [0.25, 0.3) is 0 Å². The van der Waals surface area contributed by atoms with E-state index in [9.17, 15) is 29.1 Å². The van der Waals surface area contributed by atoms with E-state index in [0.29, 0.717) is 19.4 Å². The van der Waals surface area contributed by atoms with E-state index in [2.05, 4.69) is 10.6 Å². The van der Waals surface area contributed by atoms with Crippen molar-refractivity contribution in [2.75, 3.05) is 13.2 Å². The standard InChI is InChI=1S/C17H32N6O8/c1-8(25)13(17(30)31)23-16(29)11(6-12(20)26)22-15(28)10(4-2-3-5-18)21-14(27)9(19)7-24/h8-11,13,24-25H,2-7,18-19H2,1H3,(H2,20,26)(H,21,27)(H,22,28)(H,23,29)(H,30,31). The summed E-state index contributed by atoms with van der Waals surface area (Å²) < 4.78 is 0. The molecule has 0 aliphatic carbocycles. The second kappa shape index (κ2) is 14.2. The van der Waals surface area contributed by atoms with Crippen LogP contribution in [0.15, 0.2) is 0 Å². The molecule has 0 aromatic heterocycles. The molecule has 0 aliphatic heterocycles. The molecule has 0 saturated carbocycles. The number of carboxylic acids is 1. The molecule has 14 heteroatoms. The predicted octanol–water partition coefficient (Wildman–Crippen LogP) is -4.77. The molecule has 178 valence electrons. The summed E-state index contributed by atoms with van der Waals surface area (Å²) in [5.74, 6) is -5.24. The van der Waals surface area contributed by atoms with E-state index in [-0.39, 0.29) is 6.42 Å². The molecule has 5 unspecified atom stereocenters. The van der Waals surface area contributed by atoms with Gasteiger partial charge in [-0.15, -0.1) is 0 Å².